The van der Waals surface area contributed by atoms with Gasteiger partial charge < -0.3 is 10.2 Å². The summed E-state index contributed by atoms with van der Waals surface area (Å²) in [5, 5.41) is 2.51. The van der Waals surface area contributed by atoms with Gasteiger partial charge in [0, 0.05) is 17.4 Å². The summed E-state index contributed by atoms with van der Waals surface area (Å²) in [5.41, 5.74) is -0.159. The van der Waals surface area contributed by atoms with Crippen molar-refractivity contribution in [1.29, 1.82) is 0 Å². The second-order valence-corrected chi connectivity index (χ2v) is 7.47. The van der Waals surface area contributed by atoms with Crippen LogP contribution in [0.5, 0.6) is 0 Å². The van der Waals surface area contributed by atoms with Crippen LogP contribution < -0.4 is 10.2 Å². The van der Waals surface area contributed by atoms with Gasteiger partial charge in [0.15, 0.2) is 0 Å². The number of para-hydroxylation sites is 1. The van der Waals surface area contributed by atoms with Crippen LogP contribution in [0.3, 0.4) is 0 Å². The lowest BCUT2D eigenvalue weighted by molar-refractivity contribution is -0.138. The lowest BCUT2D eigenvalue weighted by Crippen LogP contribution is -2.45. The van der Waals surface area contributed by atoms with E-state index >= 15 is 0 Å². The van der Waals surface area contributed by atoms with Crippen molar-refractivity contribution in [3.05, 3.63) is 59.7 Å². The van der Waals surface area contributed by atoms with E-state index in [1.165, 1.54) is 12.1 Å². The third kappa shape index (κ3) is 3.04. The van der Waals surface area contributed by atoms with Crippen LogP contribution in [-0.2, 0) is 22.2 Å². The fraction of sp³-hybridized carbons (Fsp3) is 0.333. The highest BCUT2D eigenvalue weighted by atomic mass is 19.4. The Kier molecular flexibility index (Phi) is 4.21. The average Bonchev–Trinajstić information content (AvgIpc) is 3.38. The summed E-state index contributed by atoms with van der Waals surface area (Å²) in [5.74, 6) is -0.831. The van der Waals surface area contributed by atoms with Gasteiger partial charge in [-0.3, -0.25) is 9.59 Å². The van der Waals surface area contributed by atoms with Gasteiger partial charge in [0.25, 0.3) is 0 Å². The van der Waals surface area contributed by atoms with Gasteiger partial charge in [-0.1, -0.05) is 24.3 Å². The van der Waals surface area contributed by atoms with E-state index in [1.807, 2.05) is 31.2 Å². The normalized spacial score (nSPS) is 19.9. The first-order valence-electron chi connectivity index (χ1n) is 9.13. The topological polar surface area (TPSA) is 49.4 Å². The van der Waals surface area contributed by atoms with Gasteiger partial charge in [-0.15, -0.1) is 0 Å². The molecule has 4 rings (SSSR count). The standard InChI is InChI=1S/C21H19F3N2O2/c1-13-11-14-5-2-3-8-17(14)26(13)19(28)20(9-10-20)18(27)25-16-7-4-6-15(12-16)21(22,23)24/h2-8,12-13H,9-11H2,1H3,(H,25,27). The molecule has 0 aromatic heterocycles. The Labute approximate surface area is 160 Å². The van der Waals surface area contributed by atoms with Gasteiger partial charge >= 0.3 is 6.18 Å². The van der Waals surface area contributed by atoms with Crippen LogP contribution >= 0.6 is 0 Å². The average molecular weight is 388 g/mol. The first-order chi connectivity index (χ1) is 13.2. The fourth-order valence-electron chi connectivity index (χ4n) is 3.79. The molecule has 2 aromatic carbocycles. The molecule has 1 atom stereocenters. The van der Waals surface area contributed by atoms with Crippen molar-refractivity contribution < 1.29 is 22.8 Å². The Morgan fingerprint density at radius 1 is 1.11 bits per heavy atom. The lowest BCUT2D eigenvalue weighted by atomic mass is 10.0. The van der Waals surface area contributed by atoms with Gasteiger partial charge in [-0.05, 0) is 56.0 Å². The quantitative estimate of drug-likeness (QED) is 0.793. The van der Waals surface area contributed by atoms with Crippen molar-refractivity contribution >= 4 is 23.2 Å². The van der Waals surface area contributed by atoms with Gasteiger partial charge in [0.2, 0.25) is 11.8 Å². The number of rotatable bonds is 3. The lowest BCUT2D eigenvalue weighted by Gasteiger charge is -2.27. The predicted molar refractivity (Wildman–Crippen MR) is 98.8 cm³/mol. The molecule has 0 radical (unpaired) electrons. The van der Waals surface area contributed by atoms with Crippen molar-refractivity contribution in [2.75, 3.05) is 10.2 Å². The number of alkyl halides is 3. The number of hydrogen-bond acceptors (Lipinski definition) is 2. The maximum Gasteiger partial charge on any atom is 0.416 e. The second-order valence-electron chi connectivity index (χ2n) is 7.47. The zero-order chi connectivity index (χ0) is 20.1. The third-order valence-corrected chi connectivity index (χ3v) is 5.47. The first-order valence-corrected chi connectivity index (χ1v) is 9.13. The van der Waals surface area contributed by atoms with E-state index in [-0.39, 0.29) is 17.6 Å². The molecule has 1 aliphatic carbocycles. The SMILES string of the molecule is CC1Cc2ccccc2N1C(=O)C1(C(=O)Nc2cccc(C(F)(F)F)c2)CC1. The molecule has 1 heterocycles. The molecule has 0 saturated heterocycles. The van der Waals surface area contributed by atoms with E-state index in [4.69, 9.17) is 0 Å². The van der Waals surface area contributed by atoms with E-state index in [1.54, 1.807) is 4.90 Å². The molecule has 1 saturated carbocycles. The molecule has 28 heavy (non-hydrogen) atoms. The van der Waals surface area contributed by atoms with Crippen LogP contribution in [0.1, 0.15) is 30.9 Å². The van der Waals surface area contributed by atoms with E-state index in [0.29, 0.717) is 19.3 Å². The minimum atomic E-state index is -4.50. The van der Waals surface area contributed by atoms with Crippen molar-refractivity contribution in [1.82, 2.24) is 0 Å². The van der Waals surface area contributed by atoms with Crippen molar-refractivity contribution in [3.63, 3.8) is 0 Å². The summed E-state index contributed by atoms with van der Waals surface area (Å²) >= 11 is 0. The summed E-state index contributed by atoms with van der Waals surface area (Å²) in [7, 11) is 0. The van der Waals surface area contributed by atoms with Gasteiger partial charge in [0.1, 0.15) is 5.41 Å². The molecule has 7 heteroatoms. The van der Waals surface area contributed by atoms with Crippen LogP contribution in [-0.4, -0.2) is 17.9 Å². The number of hydrogen-bond donors (Lipinski definition) is 1. The number of fused-ring (bicyclic) bond motifs is 1. The molecule has 1 N–H and O–H groups in total. The van der Waals surface area contributed by atoms with Crippen LogP contribution in [0.2, 0.25) is 0 Å². The molecule has 4 nitrogen and oxygen atoms in total. The predicted octanol–water partition coefficient (Wildman–Crippen LogP) is 4.40. The number of carbonyl (C=O) groups is 2. The highest BCUT2D eigenvalue weighted by Gasteiger charge is 2.59. The van der Waals surface area contributed by atoms with Crippen LogP contribution in [0.25, 0.3) is 0 Å². The Balaban J connectivity index is 1.56. The smallest absolute Gasteiger partial charge is 0.325 e. The minimum Gasteiger partial charge on any atom is -0.325 e. The molecule has 0 spiro atoms. The summed E-state index contributed by atoms with van der Waals surface area (Å²) < 4.78 is 38.7. The zero-order valence-electron chi connectivity index (χ0n) is 15.2. The fourth-order valence-corrected chi connectivity index (χ4v) is 3.79. The zero-order valence-corrected chi connectivity index (χ0v) is 15.2. The number of halogens is 3. The summed E-state index contributed by atoms with van der Waals surface area (Å²) in [4.78, 5) is 27.7. The molecular formula is C21H19F3N2O2. The van der Waals surface area contributed by atoms with Crippen LogP contribution in [0, 0.1) is 5.41 Å². The molecule has 1 aliphatic heterocycles. The monoisotopic (exact) mass is 388 g/mol. The molecule has 2 aromatic rings. The summed E-state index contributed by atoms with van der Waals surface area (Å²) in [6, 6.07) is 12.0. The number of anilines is 2. The van der Waals surface area contributed by atoms with Gasteiger partial charge in [-0.25, -0.2) is 0 Å². The molecule has 0 bridgehead atoms. The Bertz CT molecular complexity index is 951. The van der Waals surface area contributed by atoms with E-state index in [9.17, 15) is 22.8 Å². The Morgan fingerprint density at radius 2 is 1.82 bits per heavy atom. The van der Waals surface area contributed by atoms with Crippen LogP contribution in [0.4, 0.5) is 24.5 Å². The van der Waals surface area contributed by atoms with Crippen LogP contribution in [0.15, 0.2) is 48.5 Å². The molecule has 1 fully saturated rings. The summed E-state index contributed by atoms with van der Waals surface area (Å²) in [6.07, 6.45) is -3.00. The number of amides is 2. The number of benzene rings is 2. The molecule has 2 amide bonds. The molecular weight excluding hydrogens is 369 g/mol. The van der Waals surface area contributed by atoms with E-state index in [0.717, 1.165) is 23.4 Å². The maximum absolute atomic E-state index is 13.2. The van der Waals surface area contributed by atoms with Gasteiger partial charge in [0.05, 0.1) is 5.56 Å². The maximum atomic E-state index is 13.2. The highest BCUT2D eigenvalue weighted by molar-refractivity contribution is 6.18. The molecule has 1 unspecified atom stereocenters. The number of carbonyl (C=O) groups excluding carboxylic acids is 2. The number of nitrogens with one attached hydrogen (secondary N) is 1. The Hall–Kier alpha value is -2.83. The Morgan fingerprint density at radius 3 is 2.50 bits per heavy atom. The van der Waals surface area contributed by atoms with Gasteiger partial charge in [-0.2, -0.15) is 13.2 Å². The molecule has 2 aliphatic rings. The third-order valence-electron chi connectivity index (χ3n) is 5.47. The summed E-state index contributed by atoms with van der Waals surface area (Å²) in [6.45, 7) is 1.93. The van der Waals surface area contributed by atoms with E-state index < -0.39 is 23.1 Å². The molecule has 146 valence electrons. The second kappa shape index (κ2) is 6.36. The first kappa shape index (κ1) is 18.5. The van der Waals surface area contributed by atoms with Crippen molar-refractivity contribution in [2.45, 2.75) is 38.4 Å². The largest absolute Gasteiger partial charge is 0.416 e. The van der Waals surface area contributed by atoms with Crippen molar-refractivity contribution in [2.24, 2.45) is 5.41 Å². The van der Waals surface area contributed by atoms with Crippen molar-refractivity contribution in [3.8, 4) is 0 Å². The van der Waals surface area contributed by atoms with E-state index in [2.05, 4.69) is 5.32 Å². The number of nitrogens with zero attached hydrogens (tertiary/aromatic N) is 1. The minimum absolute atomic E-state index is 0.0359. The highest BCUT2D eigenvalue weighted by Crippen LogP contribution is 2.50.